The molecule has 1 atom stereocenters. The standard InChI is InChI=1S/C14H19NO2/c1-5-9(2)12-6-10(3)13(7-15-8-16)11(4)14(12)17/h6,9,17H,5,7H2,1-4H3. The number of nitrogens with zero attached hydrogens (tertiary/aromatic N) is 1. The molecule has 0 amide bonds. The van der Waals surface area contributed by atoms with Gasteiger partial charge in [-0.2, -0.15) is 0 Å². The number of carbonyl (C=O) groups excluding carboxylic acids is 1. The molecule has 17 heavy (non-hydrogen) atoms. The summed E-state index contributed by atoms with van der Waals surface area (Å²) >= 11 is 0. The van der Waals surface area contributed by atoms with Crippen LogP contribution in [-0.4, -0.2) is 11.2 Å². The van der Waals surface area contributed by atoms with Gasteiger partial charge in [-0.05, 0) is 48.4 Å². The van der Waals surface area contributed by atoms with E-state index in [1.54, 1.807) is 0 Å². The Hall–Kier alpha value is -1.60. The van der Waals surface area contributed by atoms with E-state index >= 15 is 0 Å². The van der Waals surface area contributed by atoms with Crippen LogP contribution < -0.4 is 0 Å². The predicted octanol–water partition coefficient (Wildman–Crippen LogP) is 3.36. The van der Waals surface area contributed by atoms with Crippen LogP contribution in [-0.2, 0) is 11.3 Å². The average molecular weight is 233 g/mol. The lowest BCUT2D eigenvalue weighted by molar-refractivity contribution is 0.456. The molecule has 0 saturated heterocycles. The second-order valence-corrected chi connectivity index (χ2v) is 4.45. The topological polar surface area (TPSA) is 49.7 Å². The Morgan fingerprint density at radius 2 is 2.12 bits per heavy atom. The third-order valence-corrected chi connectivity index (χ3v) is 3.37. The number of rotatable bonds is 4. The lowest BCUT2D eigenvalue weighted by Gasteiger charge is -2.17. The van der Waals surface area contributed by atoms with Crippen LogP contribution in [0.1, 0.15) is 48.4 Å². The molecule has 0 aliphatic heterocycles. The van der Waals surface area contributed by atoms with Crippen LogP contribution in [0.4, 0.5) is 0 Å². The first kappa shape index (κ1) is 13.5. The van der Waals surface area contributed by atoms with Gasteiger partial charge in [0.15, 0.2) is 0 Å². The Balaban J connectivity index is 3.30. The highest BCUT2D eigenvalue weighted by Gasteiger charge is 2.15. The van der Waals surface area contributed by atoms with Crippen molar-refractivity contribution in [3.8, 4) is 5.75 Å². The van der Waals surface area contributed by atoms with Gasteiger partial charge in [0.25, 0.3) is 0 Å². The van der Waals surface area contributed by atoms with Crippen molar-refractivity contribution in [2.45, 2.75) is 46.6 Å². The van der Waals surface area contributed by atoms with Crippen molar-refractivity contribution in [1.29, 1.82) is 0 Å². The third-order valence-electron chi connectivity index (χ3n) is 3.37. The number of hydrogen-bond donors (Lipinski definition) is 1. The molecule has 1 aromatic rings. The fraction of sp³-hybridized carbons (Fsp3) is 0.500. The molecule has 1 N–H and O–H groups in total. The molecule has 92 valence electrons. The van der Waals surface area contributed by atoms with Gasteiger partial charge in [0.2, 0.25) is 6.08 Å². The minimum Gasteiger partial charge on any atom is -0.507 e. The molecule has 0 spiro atoms. The third kappa shape index (κ3) is 2.75. The maximum Gasteiger partial charge on any atom is 0.235 e. The predicted molar refractivity (Wildman–Crippen MR) is 68.1 cm³/mol. The molecule has 0 saturated carbocycles. The Kier molecular flexibility index (Phi) is 4.47. The summed E-state index contributed by atoms with van der Waals surface area (Å²) in [6.45, 7) is 8.32. The second-order valence-electron chi connectivity index (χ2n) is 4.45. The van der Waals surface area contributed by atoms with Crippen LogP contribution in [0, 0.1) is 13.8 Å². The molecule has 0 heterocycles. The molecule has 0 aliphatic rings. The zero-order chi connectivity index (χ0) is 13.0. The highest BCUT2D eigenvalue weighted by molar-refractivity contribution is 5.50. The van der Waals surface area contributed by atoms with E-state index in [-0.39, 0.29) is 6.54 Å². The molecule has 3 heteroatoms. The number of phenolic OH excluding ortho intramolecular Hbond substituents is 1. The smallest absolute Gasteiger partial charge is 0.235 e. The summed E-state index contributed by atoms with van der Waals surface area (Å²) in [7, 11) is 0. The van der Waals surface area contributed by atoms with Crippen molar-refractivity contribution in [3.05, 3.63) is 28.3 Å². The molecule has 3 nitrogen and oxygen atoms in total. The van der Waals surface area contributed by atoms with E-state index in [2.05, 4.69) is 18.8 Å². The largest absolute Gasteiger partial charge is 0.507 e. The van der Waals surface area contributed by atoms with Crippen molar-refractivity contribution in [2.75, 3.05) is 0 Å². The van der Waals surface area contributed by atoms with Crippen LogP contribution in [0.25, 0.3) is 0 Å². The molecule has 1 rings (SSSR count). The van der Waals surface area contributed by atoms with Crippen LogP contribution in [0.2, 0.25) is 0 Å². The molecule has 0 fully saturated rings. The SMILES string of the molecule is CCC(C)c1cc(C)c(CN=C=O)c(C)c1O. The van der Waals surface area contributed by atoms with Gasteiger partial charge < -0.3 is 5.11 Å². The minimum absolute atomic E-state index is 0.287. The van der Waals surface area contributed by atoms with E-state index in [0.717, 1.165) is 28.7 Å². The zero-order valence-electron chi connectivity index (χ0n) is 10.9. The summed E-state index contributed by atoms with van der Waals surface area (Å²) in [6, 6.07) is 1.99. The Morgan fingerprint density at radius 1 is 1.47 bits per heavy atom. The van der Waals surface area contributed by atoms with Gasteiger partial charge in [0.1, 0.15) is 5.75 Å². The van der Waals surface area contributed by atoms with Gasteiger partial charge in [-0.15, -0.1) is 0 Å². The molecular formula is C14H19NO2. The molecule has 0 aromatic heterocycles. The molecule has 1 aromatic carbocycles. The van der Waals surface area contributed by atoms with Crippen molar-refractivity contribution < 1.29 is 9.90 Å². The van der Waals surface area contributed by atoms with E-state index in [1.807, 2.05) is 19.9 Å². The zero-order valence-corrected chi connectivity index (χ0v) is 10.9. The molecule has 1 unspecified atom stereocenters. The summed E-state index contributed by atoms with van der Waals surface area (Å²) in [5, 5.41) is 10.2. The van der Waals surface area contributed by atoms with Crippen molar-refractivity contribution in [3.63, 3.8) is 0 Å². The van der Waals surface area contributed by atoms with Gasteiger partial charge in [0.05, 0.1) is 6.54 Å². The Bertz CT molecular complexity index is 460. The highest BCUT2D eigenvalue weighted by atomic mass is 16.3. The number of aromatic hydroxyl groups is 1. The maximum absolute atomic E-state index is 10.2. The van der Waals surface area contributed by atoms with Crippen LogP contribution >= 0.6 is 0 Å². The second kappa shape index (κ2) is 5.65. The van der Waals surface area contributed by atoms with Gasteiger partial charge in [-0.3, -0.25) is 0 Å². The monoisotopic (exact) mass is 233 g/mol. The number of phenols is 1. The first-order valence-corrected chi connectivity index (χ1v) is 5.88. The van der Waals surface area contributed by atoms with Crippen molar-refractivity contribution in [2.24, 2.45) is 4.99 Å². The Labute approximate surface area is 102 Å². The number of hydrogen-bond acceptors (Lipinski definition) is 3. The van der Waals surface area contributed by atoms with Gasteiger partial charge >= 0.3 is 0 Å². The van der Waals surface area contributed by atoms with E-state index < -0.39 is 0 Å². The number of isocyanates is 1. The number of aryl methyl sites for hydroxylation is 1. The normalized spacial score (nSPS) is 12.0. The lowest BCUT2D eigenvalue weighted by atomic mass is 9.90. The maximum atomic E-state index is 10.2. The fourth-order valence-electron chi connectivity index (χ4n) is 1.99. The van der Waals surface area contributed by atoms with E-state index in [9.17, 15) is 9.90 Å². The number of aliphatic imine (C=N–C) groups is 1. The fourth-order valence-corrected chi connectivity index (χ4v) is 1.99. The molecule has 0 radical (unpaired) electrons. The summed E-state index contributed by atoms with van der Waals surface area (Å²) in [5.41, 5.74) is 3.77. The first-order valence-electron chi connectivity index (χ1n) is 5.88. The van der Waals surface area contributed by atoms with E-state index in [0.29, 0.717) is 11.7 Å². The number of benzene rings is 1. The molecule has 0 bridgehead atoms. The van der Waals surface area contributed by atoms with Crippen molar-refractivity contribution >= 4 is 6.08 Å². The lowest BCUT2D eigenvalue weighted by Crippen LogP contribution is -2.00. The Morgan fingerprint density at radius 3 is 2.65 bits per heavy atom. The summed E-state index contributed by atoms with van der Waals surface area (Å²) in [6.07, 6.45) is 2.52. The quantitative estimate of drug-likeness (QED) is 0.640. The summed E-state index contributed by atoms with van der Waals surface area (Å²) < 4.78 is 0. The van der Waals surface area contributed by atoms with E-state index in [1.165, 1.54) is 6.08 Å². The average Bonchev–Trinajstić information content (AvgIpc) is 2.32. The minimum atomic E-state index is 0.287. The highest BCUT2D eigenvalue weighted by Crippen LogP contribution is 2.34. The van der Waals surface area contributed by atoms with Crippen LogP contribution in [0.5, 0.6) is 5.75 Å². The van der Waals surface area contributed by atoms with Crippen LogP contribution in [0.15, 0.2) is 11.1 Å². The first-order chi connectivity index (χ1) is 8.02. The van der Waals surface area contributed by atoms with E-state index in [4.69, 9.17) is 0 Å². The van der Waals surface area contributed by atoms with Gasteiger partial charge in [0, 0.05) is 0 Å². The van der Waals surface area contributed by atoms with Crippen LogP contribution in [0.3, 0.4) is 0 Å². The molecule has 0 aliphatic carbocycles. The van der Waals surface area contributed by atoms with Gasteiger partial charge in [-0.1, -0.05) is 19.9 Å². The molecular weight excluding hydrogens is 214 g/mol. The van der Waals surface area contributed by atoms with Gasteiger partial charge in [-0.25, -0.2) is 9.79 Å². The summed E-state index contributed by atoms with van der Waals surface area (Å²) in [4.78, 5) is 13.7. The van der Waals surface area contributed by atoms with Crippen molar-refractivity contribution in [1.82, 2.24) is 0 Å². The summed E-state index contributed by atoms with van der Waals surface area (Å²) in [5.74, 6) is 0.664.